The number of halogens is 3. The van der Waals surface area contributed by atoms with Crippen molar-refractivity contribution in [1.82, 2.24) is 14.8 Å². The number of carbonyl (C=O) groups excluding carboxylic acids is 2. The number of hydrogen-bond donors (Lipinski definition) is 1. The SMILES string of the molecule is CN(Cc1cccc2cnccc12)C(=O)CCN1CCCC1=O.O=C(O)C(F)(F)F. The number of aromatic nitrogens is 1. The number of benzene rings is 1. The van der Waals surface area contributed by atoms with Gasteiger partial charge in [0.1, 0.15) is 0 Å². The number of likely N-dealkylation sites (tertiary alicyclic amines) is 1. The second-order valence-electron chi connectivity index (χ2n) is 6.80. The van der Waals surface area contributed by atoms with Crippen LogP contribution in [0, 0.1) is 0 Å². The molecule has 1 saturated heterocycles. The number of carbonyl (C=O) groups is 3. The minimum Gasteiger partial charge on any atom is -0.475 e. The molecule has 1 fully saturated rings. The van der Waals surface area contributed by atoms with Crippen LogP contribution >= 0.6 is 0 Å². The third kappa shape index (κ3) is 6.43. The first-order valence-electron chi connectivity index (χ1n) is 9.23. The van der Waals surface area contributed by atoms with Gasteiger partial charge in [-0.1, -0.05) is 18.2 Å². The lowest BCUT2D eigenvalue weighted by atomic mass is 10.1. The van der Waals surface area contributed by atoms with Gasteiger partial charge in [-0.05, 0) is 23.4 Å². The van der Waals surface area contributed by atoms with Crippen molar-refractivity contribution in [1.29, 1.82) is 0 Å². The van der Waals surface area contributed by atoms with Crippen LogP contribution in [0.15, 0.2) is 36.7 Å². The van der Waals surface area contributed by atoms with E-state index in [1.807, 2.05) is 37.5 Å². The van der Waals surface area contributed by atoms with Crippen molar-refractivity contribution in [3.05, 3.63) is 42.2 Å². The molecule has 1 aromatic carbocycles. The van der Waals surface area contributed by atoms with Crippen molar-refractivity contribution in [3.63, 3.8) is 0 Å². The average molecular weight is 425 g/mol. The fourth-order valence-corrected chi connectivity index (χ4v) is 3.03. The number of hydrogen-bond acceptors (Lipinski definition) is 4. The van der Waals surface area contributed by atoms with E-state index in [2.05, 4.69) is 4.98 Å². The molecular formula is C20H22F3N3O4. The zero-order valence-electron chi connectivity index (χ0n) is 16.4. The van der Waals surface area contributed by atoms with E-state index in [0.29, 0.717) is 25.9 Å². The van der Waals surface area contributed by atoms with Gasteiger partial charge in [0, 0.05) is 57.3 Å². The molecule has 1 N–H and O–H groups in total. The number of carboxylic acids is 1. The number of nitrogens with zero attached hydrogens (tertiary/aromatic N) is 3. The van der Waals surface area contributed by atoms with Crippen molar-refractivity contribution < 1.29 is 32.7 Å². The number of fused-ring (bicyclic) bond motifs is 1. The summed E-state index contributed by atoms with van der Waals surface area (Å²) in [4.78, 5) is 40.5. The van der Waals surface area contributed by atoms with Crippen molar-refractivity contribution in [2.45, 2.75) is 32.0 Å². The van der Waals surface area contributed by atoms with Gasteiger partial charge in [-0.2, -0.15) is 13.2 Å². The molecule has 0 radical (unpaired) electrons. The normalized spacial score (nSPS) is 13.7. The number of rotatable bonds is 5. The molecule has 0 unspecified atom stereocenters. The summed E-state index contributed by atoms with van der Waals surface area (Å²) in [5.41, 5.74) is 1.11. The first-order chi connectivity index (χ1) is 14.1. The number of pyridine rings is 1. The van der Waals surface area contributed by atoms with Crippen LogP contribution < -0.4 is 0 Å². The molecule has 30 heavy (non-hydrogen) atoms. The van der Waals surface area contributed by atoms with Crippen LogP contribution in [-0.2, 0) is 20.9 Å². The summed E-state index contributed by atoms with van der Waals surface area (Å²) < 4.78 is 31.7. The van der Waals surface area contributed by atoms with Crippen molar-refractivity contribution in [2.24, 2.45) is 0 Å². The zero-order valence-corrected chi connectivity index (χ0v) is 16.4. The Balaban J connectivity index is 0.000000396. The fraction of sp³-hybridized carbons (Fsp3) is 0.400. The van der Waals surface area contributed by atoms with E-state index in [9.17, 15) is 22.8 Å². The van der Waals surface area contributed by atoms with Gasteiger partial charge in [-0.15, -0.1) is 0 Å². The Hall–Kier alpha value is -3.17. The molecule has 7 nitrogen and oxygen atoms in total. The van der Waals surface area contributed by atoms with E-state index in [-0.39, 0.29) is 11.8 Å². The van der Waals surface area contributed by atoms with Gasteiger partial charge in [0.2, 0.25) is 11.8 Å². The number of amides is 2. The Morgan fingerprint density at radius 1 is 1.27 bits per heavy atom. The highest BCUT2D eigenvalue weighted by Crippen LogP contribution is 2.19. The van der Waals surface area contributed by atoms with Crippen molar-refractivity contribution in [2.75, 3.05) is 20.1 Å². The Labute approximate surface area is 171 Å². The topological polar surface area (TPSA) is 90.8 Å². The molecule has 0 spiro atoms. The van der Waals surface area contributed by atoms with Gasteiger partial charge in [0.25, 0.3) is 0 Å². The van der Waals surface area contributed by atoms with E-state index in [1.165, 1.54) is 0 Å². The van der Waals surface area contributed by atoms with Gasteiger partial charge in [-0.25, -0.2) is 4.79 Å². The van der Waals surface area contributed by atoms with Crippen molar-refractivity contribution in [3.8, 4) is 0 Å². The molecule has 2 amide bonds. The maximum absolute atomic E-state index is 12.3. The average Bonchev–Trinajstić information content (AvgIpc) is 3.11. The molecule has 0 aliphatic carbocycles. The molecule has 1 aromatic heterocycles. The number of aliphatic carboxylic acids is 1. The Morgan fingerprint density at radius 3 is 2.57 bits per heavy atom. The summed E-state index contributed by atoms with van der Waals surface area (Å²) in [5, 5.41) is 9.32. The predicted molar refractivity (Wildman–Crippen MR) is 102 cm³/mol. The van der Waals surface area contributed by atoms with E-state index in [1.54, 1.807) is 16.0 Å². The van der Waals surface area contributed by atoms with Crippen LogP contribution in [0.1, 0.15) is 24.8 Å². The van der Waals surface area contributed by atoms with Gasteiger partial charge in [0.15, 0.2) is 0 Å². The van der Waals surface area contributed by atoms with Gasteiger partial charge in [0.05, 0.1) is 0 Å². The minimum absolute atomic E-state index is 0.0655. The summed E-state index contributed by atoms with van der Waals surface area (Å²) in [7, 11) is 1.81. The molecule has 10 heteroatoms. The summed E-state index contributed by atoms with van der Waals surface area (Å²) >= 11 is 0. The summed E-state index contributed by atoms with van der Waals surface area (Å²) in [6.07, 6.45) is 0.432. The van der Waals surface area contributed by atoms with Crippen LogP contribution in [-0.4, -0.2) is 64.0 Å². The predicted octanol–water partition coefficient (Wildman–Crippen LogP) is 2.84. The lowest BCUT2D eigenvalue weighted by molar-refractivity contribution is -0.192. The largest absolute Gasteiger partial charge is 0.490 e. The van der Waals surface area contributed by atoms with Crippen molar-refractivity contribution >= 4 is 28.6 Å². The van der Waals surface area contributed by atoms with Crippen LogP contribution in [0.2, 0.25) is 0 Å². The molecule has 3 rings (SSSR count). The first-order valence-corrected chi connectivity index (χ1v) is 9.23. The zero-order chi connectivity index (χ0) is 22.3. The quantitative estimate of drug-likeness (QED) is 0.796. The van der Waals surface area contributed by atoms with E-state index < -0.39 is 12.1 Å². The molecule has 0 bridgehead atoms. The number of carboxylic acid groups (broad SMARTS) is 1. The molecule has 162 valence electrons. The van der Waals surface area contributed by atoms with Crippen LogP contribution in [0.25, 0.3) is 10.8 Å². The number of alkyl halides is 3. The minimum atomic E-state index is -5.08. The molecule has 2 aromatic rings. The maximum atomic E-state index is 12.3. The van der Waals surface area contributed by atoms with Crippen LogP contribution in [0.3, 0.4) is 0 Å². The lowest BCUT2D eigenvalue weighted by Crippen LogP contribution is -2.32. The summed E-state index contributed by atoms with van der Waals surface area (Å²) in [5.74, 6) is -2.52. The molecule has 1 aliphatic heterocycles. The second kappa shape index (κ2) is 10.0. The monoisotopic (exact) mass is 425 g/mol. The molecule has 0 atom stereocenters. The highest BCUT2D eigenvalue weighted by molar-refractivity contribution is 5.85. The fourth-order valence-electron chi connectivity index (χ4n) is 3.03. The third-order valence-corrected chi connectivity index (χ3v) is 4.61. The summed E-state index contributed by atoms with van der Waals surface area (Å²) in [6.45, 7) is 1.88. The molecular weight excluding hydrogens is 403 g/mol. The summed E-state index contributed by atoms with van der Waals surface area (Å²) in [6, 6.07) is 8.02. The molecule has 0 saturated carbocycles. The Morgan fingerprint density at radius 2 is 1.97 bits per heavy atom. The first kappa shape index (κ1) is 23.1. The van der Waals surface area contributed by atoms with Crippen LogP contribution in [0.5, 0.6) is 0 Å². The van der Waals surface area contributed by atoms with E-state index >= 15 is 0 Å². The molecule has 1 aliphatic rings. The highest BCUT2D eigenvalue weighted by Gasteiger charge is 2.38. The van der Waals surface area contributed by atoms with E-state index in [4.69, 9.17) is 9.90 Å². The second-order valence-corrected chi connectivity index (χ2v) is 6.80. The van der Waals surface area contributed by atoms with E-state index in [0.717, 1.165) is 29.3 Å². The van der Waals surface area contributed by atoms with Gasteiger partial charge < -0.3 is 14.9 Å². The smallest absolute Gasteiger partial charge is 0.475 e. The lowest BCUT2D eigenvalue weighted by Gasteiger charge is -2.21. The van der Waals surface area contributed by atoms with Gasteiger partial charge in [-0.3, -0.25) is 14.6 Å². The maximum Gasteiger partial charge on any atom is 0.490 e. The Bertz CT molecular complexity index is 912. The highest BCUT2D eigenvalue weighted by atomic mass is 19.4. The molecule has 2 heterocycles. The van der Waals surface area contributed by atoms with Crippen LogP contribution in [0.4, 0.5) is 13.2 Å². The third-order valence-electron chi connectivity index (χ3n) is 4.61. The Kier molecular flexibility index (Phi) is 7.73. The van der Waals surface area contributed by atoms with Gasteiger partial charge >= 0.3 is 12.1 Å². The standard InChI is InChI=1S/C18H21N3O2.C2HF3O2/c1-20(17(22)8-11-21-10-3-6-18(21)23)13-15-5-2-4-14-12-19-9-7-16(14)15;3-2(4,5)1(6)7/h2,4-5,7,9,12H,3,6,8,10-11,13H2,1H3;(H,6,7).